The fourth-order valence-corrected chi connectivity index (χ4v) is 3.75. The van der Waals surface area contributed by atoms with Crippen LogP contribution in [-0.2, 0) is 4.79 Å². The van der Waals surface area contributed by atoms with E-state index in [1.807, 2.05) is 32.0 Å². The Balaban J connectivity index is 0.00000480. The first kappa shape index (κ1) is 27.3. The van der Waals surface area contributed by atoms with E-state index in [0.29, 0.717) is 44.6 Å². The van der Waals surface area contributed by atoms with Gasteiger partial charge in [0.25, 0.3) is 0 Å². The summed E-state index contributed by atoms with van der Waals surface area (Å²) in [5, 5.41) is 9.64. The molecule has 2 rings (SSSR count). The minimum absolute atomic E-state index is 0. The molecule has 1 aliphatic rings. The Morgan fingerprint density at radius 1 is 1.10 bits per heavy atom. The second-order valence-electron chi connectivity index (χ2n) is 7.64. The number of ether oxygens (including phenoxy) is 2. The molecular weight excluding hydrogens is 507 g/mol. The average molecular weight is 546 g/mol. The molecule has 0 aromatic heterocycles. The lowest BCUT2D eigenvalue weighted by atomic mass is 10.0. The van der Waals surface area contributed by atoms with E-state index in [1.165, 1.54) is 25.7 Å². The van der Waals surface area contributed by atoms with Gasteiger partial charge < -0.3 is 25.4 Å². The topological polar surface area (TPSA) is 84.0 Å². The highest BCUT2D eigenvalue weighted by atomic mass is 127. The quantitative estimate of drug-likeness (QED) is 0.169. The second-order valence-corrected chi connectivity index (χ2v) is 7.64. The molecule has 0 saturated heterocycles. The van der Waals surface area contributed by atoms with Crippen molar-refractivity contribution >= 4 is 35.8 Å². The van der Waals surface area contributed by atoms with Crippen molar-refractivity contribution in [3.63, 3.8) is 0 Å². The SMILES string of the molecule is CCOc1ccc(C(C)NC(=NC)NCCNC(=O)CC2CCCC2)cc1OCC.I. The van der Waals surface area contributed by atoms with E-state index in [0.717, 1.165) is 17.1 Å². The monoisotopic (exact) mass is 546 g/mol. The molecule has 1 saturated carbocycles. The van der Waals surface area contributed by atoms with Crippen LogP contribution >= 0.6 is 24.0 Å². The number of carbonyl (C=O) groups excluding carboxylic acids is 1. The molecule has 176 valence electrons. The number of halogens is 1. The lowest BCUT2D eigenvalue weighted by Crippen LogP contribution is -2.42. The van der Waals surface area contributed by atoms with E-state index in [-0.39, 0.29) is 35.9 Å². The summed E-state index contributed by atoms with van der Waals surface area (Å²) in [5.74, 6) is 2.92. The Labute approximate surface area is 204 Å². The Hall–Kier alpha value is -1.71. The number of carbonyl (C=O) groups is 1. The van der Waals surface area contributed by atoms with Gasteiger partial charge in [0.2, 0.25) is 5.91 Å². The summed E-state index contributed by atoms with van der Waals surface area (Å²) in [6.45, 7) is 8.38. The van der Waals surface area contributed by atoms with Crippen LogP contribution in [-0.4, -0.2) is 45.2 Å². The lowest BCUT2D eigenvalue weighted by molar-refractivity contribution is -0.121. The second kappa shape index (κ2) is 15.2. The third-order valence-corrected chi connectivity index (χ3v) is 5.33. The van der Waals surface area contributed by atoms with Gasteiger partial charge in [-0.2, -0.15) is 0 Å². The molecule has 1 aromatic carbocycles. The smallest absolute Gasteiger partial charge is 0.220 e. The standard InChI is InChI=1S/C23H38N4O3.HI/c1-5-29-20-12-11-19(16-21(20)30-6-2)17(3)27-23(24-4)26-14-13-25-22(28)15-18-9-7-8-10-18;/h11-12,16-18H,5-10,13-15H2,1-4H3,(H,25,28)(H2,24,26,27);1H. The number of amides is 1. The molecule has 1 amide bonds. The van der Waals surface area contributed by atoms with Gasteiger partial charge in [0, 0.05) is 26.6 Å². The van der Waals surface area contributed by atoms with Gasteiger partial charge in [-0.15, -0.1) is 24.0 Å². The van der Waals surface area contributed by atoms with Gasteiger partial charge in [-0.3, -0.25) is 9.79 Å². The summed E-state index contributed by atoms with van der Waals surface area (Å²) in [6, 6.07) is 6.01. The predicted molar refractivity (Wildman–Crippen MR) is 137 cm³/mol. The van der Waals surface area contributed by atoms with Crippen LogP contribution in [0.25, 0.3) is 0 Å². The number of nitrogens with zero attached hydrogens (tertiary/aromatic N) is 1. The molecule has 7 nitrogen and oxygen atoms in total. The summed E-state index contributed by atoms with van der Waals surface area (Å²) in [7, 11) is 1.74. The highest BCUT2D eigenvalue weighted by Gasteiger charge is 2.18. The van der Waals surface area contributed by atoms with Crippen molar-refractivity contribution in [2.75, 3.05) is 33.4 Å². The van der Waals surface area contributed by atoms with Crippen LogP contribution < -0.4 is 25.4 Å². The number of benzene rings is 1. The number of rotatable bonds is 11. The minimum atomic E-state index is 0. The van der Waals surface area contributed by atoms with Gasteiger partial charge in [-0.25, -0.2) is 0 Å². The molecule has 1 unspecified atom stereocenters. The zero-order chi connectivity index (χ0) is 21.8. The number of nitrogens with one attached hydrogen (secondary N) is 3. The molecule has 8 heteroatoms. The average Bonchev–Trinajstić information content (AvgIpc) is 3.24. The summed E-state index contributed by atoms with van der Waals surface area (Å²) >= 11 is 0. The molecule has 0 aliphatic heterocycles. The van der Waals surface area contributed by atoms with Crippen molar-refractivity contribution in [3.05, 3.63) is 23.8 Å². The van der Waals surface area contributed by atoms with Crippen molar-refractivity contribution in [1.82, 2.24) is 16.0 Å². The van der Waals surface area contributed by atoms with Gasteiger partial charge in [0.15, 0.2) is 17.5 Å². The normalized spacial score (nSPS) is 15.0. The maximum absolute atomic E-state index is 12.0. The third-order valence-electron chi connectivity index (χ3n) is 5.33. The Morgan fingerprint density at radius 2 is 1.74 bits per heavy atom. The first-order chi connectivity index (χ1) is 14.6. The molecule has 1 aliphatic carbocycles. The van der Waals surface area contributed by atoms with Gasteiger partial charge in [0.05, 0.1) is 19.3 Å². The van der Waals surface area contributed by atoms with Crippen LogP contribution in [0.2, 0.25) is 0 Å². The number of aliphatic imine (C=N–C) groups is 1. The van der Waals surface area contributed by atoms with E-state index in [9.17, 15) is 4.79 Å². The van der Waals surface area contributed by atoms with Crippen LogP contribution in [0.15, 0.2) is 23.2 Å². The van der Waals surface area contributed by atoms with E-state index in [2.05, 4.69) is 27.9 Å². The predicted octanol–water partition coefficient (Wildman–Crippen LogP) is 4.02. The number of hydrogen-bond acceptors (Lipinski definition) is 4. The van der Waals surface area contributed by atoms with E-state index >= 15 is 0 Å². The summed E-state index contributed by atoms with van der Waals surface area (Å²) in [6.07, 6.45) is 5.57. The Morgan fingerprint density at radius 3 is 2.39 bits per heavy atom. The van der Waals surface area contributed by atoms with Gasteiger partial charge >= 0.3 is 0 Å². The molecule has 0 heterocycles. The van der Waals surface area contributed by atoms with Gasteiger partial charge in [0.1, 0.15) is 0 Å². The molecule has 1 aromatic rings. The van der Waals surface area contributed by atoms with Crippen molar-refractivity contribution in [2.45, 2.75) is 58.9 Å². The first-order valence-electron chi connectivity index (χ1n) is 11.2. The van der Waals surface area contributed by atoms with Gasteiger partial charge in [-0.05, 0) is 57.2 Å². The number of guanidine groups is 1. The maximum atomic E-state index is 12.0. The molecule has 1 atom stereocenters. The molecule has 31 heavy (non-hydrogen) atoms. The first-order valence-corrected chi connectivity index (χ1v) is 11.2. The zero-order valence-corrected chi connectivity index (χ0v) is 21.7. The summed E-state index contributed by atoms with van der Waals surface area (Å²) < 4.78 is 11.4. The van der Waals surface area contributed by atoms with E-state index in [1.54, 1.807) is 7.05 Å². The zero-order valence-electron chi connectivity index (χ0n) is 19.3. The maximum Gasteiger partial charge on any atom is 0.220 e. The van der Waals surface area contributed by atoms with E-state index in [4.69, 9.17) is 9.47 Å². The van der Waals surface area contributed by atoms with Crippen LogP contribution in [0, 0.1) is 5.92 Å². The number of hydrogen-bond donors (Lipinski definition) is 3. The van der Waals surface area contributed by atoms with Crippen molar-refractivity contribution < 1.29 is 14.3 Å². The van der Waals surface area contributed by atoms with Crippen molar-refractivity contribution in [1.29, 1.82) is 0 Å². The van der Waals surface area contributed by atoms with Crippen LogP contribution in [0.3, 0.4) is 0 Å². The summed E-state index contributed by atoms with van der Waals surface area (Å²) in [5.41, 5.74) is 1.08. The highest BCUT2D eigenvalue weighted by molar-refractivity contribution is 14.0. The van der Waals surface area contributed by atoms with Crippen LogP contribution in [0.5, 0.6) is 11.5 Å². The highest BCUT2D eigenvalue weighted by Crippen LogP contribution is 2.30. The van der Waals surface area contributed by atoms with Crippen molar-refractivity contribution in [3.8, 4) is 11.5 Å². The third kappa shape index (κ3) is 9.53. The van der Waals surface area contributed by atoms with Crippen molar-refractivity contribution in [2.24, 2.45) is 10.9 Å². The molecule has 0 spiro atoms. The minimum Gasteiger partial charge on any atom is -0.490 e. The van der Waals surface area contributed by atoms with E-state index < -0.39 is 0 Å². The van der Waals surface area contributed by atoms with Gasteiger partial charge in [-0.1, -0.05) is 18.9 Å². The lowest BCUT2D eigenvalue weighted by Gasteiger charge is -2.20. The Kier molecular flexibility index (Phi) is 13.4. The summed E-state index contributed by atoms with van der Waals surface area (Å²) in [4.78, 5) is 16.3. The fourth-order valence-electron chi connectivity index (χ4n) is 3.75. The molecule has 0 bridgehead atoms. The molecule has 1 fully saturated rings. The largest absolute Gasteiger partial charge is 0.490 e. The Bertz CT molecular complexity index is 693. The molecule has 3 N–H and O–H groups in total. The molecular formula is C23H39IN4O3. The fraction of sp³-hybridized carbons (Fsp3) is 0.652. The molecule has 0 radical (unpaired) electrons. The van der Waals surface area contributed by atoms with Crippen LogP contribution in [0.4, 0.5) is 0 Å². The van der Waals surface area contributed by atoms with Crippen LogP contribution in [0.1, 0.15) is 64.5 Å².